The van der Waals surface area contributed by atoms with E-state index in [1.807, 2.05) is 54.6 Å². The second kappa shape index (κ2) is 7.97. The molecule has 3 rings (SSSR count). The molecule has 24 heavy (non-hydrogen) atoms. The van der Waals surface area contributed by atoms with Crippen LogP contribution < -0.4 is 4.74 Å². The smallest absolute Gasteiger partial charge is 0.313 e. The fraction of sp³-hybridized carbons (Fsp3) is 0.350. The minimum atomic E-state index is -0.240. The van der Waals surface area contributed by atoms with Gasteiger partial charge in [0, 0.05) is 5.92 Å². The van der Waals surface area contributed by atoms with Gasteiger partial charge in [0.2, 0.25) is 0 Å². The average Bonchev–Trinajstić information content (AvgIpc) is 2.63. The molecule has 1 aliphatic rings. The number of esters is 1. The molecule has 0 radical (unpaired) electrons. The summed E-state index contributed by atoms with van der Waals surface area (Å²) in [5.41, 5.74) is 2.09. The van der Waals surface area contributed by atoms with Crippen LogP contribution in [0.4, 0.5) is 0 Å². The van der Waals surface area contributed by atoms with E-state index in [1.165, 1.54) is 0 Å². The Kier molecular flexibility index (Phi) is 5.49. The monoisotopic (exact) mass is 326 g/mol. The Morgan fingerprint density at radius 3 is 2.54 bits per heavy atom. The zero-order valence-corrected chi connectivity index (χ0v) is 13.8. The zero-order valence-electron chi connectivity index (χ0n) is 13.8. The number of hydrogen-bond donors (Lipinski definition) is 0. The number of hydrogen-bond acceptors (Lipinski definition) is 4. The van der Waals surface area contributed by atoms with Gasteiger partial charge in [-0.2, -0.15) is 0 Å². The van der Waals surface area contributed by atoms with Crippen molar-refractivity contribution in [3.63, 3.8) is 0 Å². The van der Waals surface area contributed by atoms with Crippen LogP contribution in [0.25, 0.3) is 0 Å². The van der Waals surface area contributed by atoms with E-state index >= 15 is 0 Å². The highest BCUT2D eigenvalue weighted by Crippen LogP contribution is 2.32. The first kappa shape index (κ1) is 16.5. The van der Waals surface area contributed by atoms with E-state index in [1.54, 1.807) is 7.11 Å². The number of ether oxygens (including phenoxy) is 3. The molecule has 0 unspecified atom stereocenters. The average molecular weight is 326 g/mol. The number of rotatable bonds is 6. The molecule has 126 valence electrons. The summed E-state index contributed by atoms with van der Waals surface area (Å²) in [4.78, 5) is 12.2. The van der Waals surface area contributed by atoms with E-state index in [9.17, 15) is 4.79 Å². The highest BCUT2D eigenvalue weighted by Gasteiger charge is 2.34. The molecule has 1 aliphatic heterocycles. The lowest BCUT2D eigenvalue weighted by Crippen LogP contribution is -2.33. The van der Waals surface area contributed by atoms with Gasteiger partial charge in [-0.15, -0.1) is 0 Å². The van der Waals surface area contributed by atoms with E-state index in [0.717, 1.165) is 23.3 Å². The maximum atomic E-state index is 12.2. The van der Waals surface area contributed by atoms with Crippen molar-refractivity contribution in [3.8, 4) is 5.75 Å². The Morgan fingerprint density at radius 1 is 1.08 bits per heavy atom. The molecule has 0 aromatic heterocycles. The van der Waals surface area contributed by atoms with Crippen LogP contribution in [0, 0.1) is 5.92 Å². The summed E-state index contributed by atoms with van der Waals surface area (Å²) in [6.45, 7) is 1.54. The van der Waals surface area contributed by atoms with Crippen molar-refractivity contribution >= 4 is 5.97 Å². The molecule has 4 heteroatoms. The molecule has 0 bridgehead atoms. The SMILES string of the molecule is COc1ccc(COC[C@@H]2CCOC(=O)[C@H]2c2ccccc2)cc1. The summed E-state index contributed by atoms with van der Waals surface area (Å²) < 4.78 is 16.3. The van der Waals surface area contributed by atoms with Gasteiger partial charge < -0.3 is 14.2 Å². The molecule has 1 heterocycles. The molecule has 1 fully saturated rings. The third-order valence-corrected chi connectivity index (χ3v) is 4.38. The van der Waals surface area contributed by atoms with Crippen LogP contribution >= 0.6 is 0 Å². The molecule has 0 saturated carbocycles. The van der Waals surface area contributed by atoms with E-state index in [0.29, 0.717) is 19.8 Å². The fourth-order valence-corrected chi connectivity index (χ4v) is 3.06. The minimum absolute atomic E-state index is 0.145. The van der Waals surface area contributed by atoms with Gasteiger partial charge >= 0.3 is 5.97 Å². The van der Waals surface area contributed by atoms with Crippen LogP contribution in [0.15, 0.2) is 54.6 Å². The van der Waals surface area contributed by atoms with Gasteiger partial charge in [0.15, 0.2) is 0 Å². The maximum Gasteiger partial charge on any atom is 0.313 e. The predicted octanol–water partition coefficient (Wildman–Crippen LogP) is 3.56. The zero-order chi connectivity index (χ0) is 16.8. The third kappa shape index (κ3) is 3.95. The Bertz CT molecular complexity index is 651. The van der Waals surface area contributed by atoms with Crippen LogP contribution in [0.3, 0.4) is 0 Å². The topological polar surface area (TPSA) is 44.8 Å². The Hall–Kier alpha value is -2.33. The summed E-state index contributed by atoms with van der Waals surface area (Å²) in [5, 5.41) is 0. The number of cyclic esters (lactones) is 1. The lowest BCUT2D eigenvalue weighted by atomic mass is 9.83. The van der Waals surface area contributed by atoms with Crippen molar-refractivity contribution < 1.29 is 19.0 Å². The van der Waals surface area contributed by atoms with Gasteiger partial charge in [0.1, 0.15) is 5.75 Å². The second-order valence-electron chi connectivity index (χ2n) is 5.97. The Morgan fingerprint density at radius 2 is 1.83 bits per heavy atom. The lowest BCUT2D eigenvalue weighted by Gasteiger charge is -2.30. The Balaban J connectivity index is 1.60. The van der Waals surface area contributed by atoms with Crippen molar-refractivity contribution in [2.45, 2.75) is 18.9 Å². The van der Waals surface area contributed by atoms with Crippen LogP contribution in [-0.4, -0.2) is 26.3 Å². The Labute approximate surface area is 142 Å². The summed E-state index contributed by atoms with van der Waals surface area (Å²) in [6.07, 6.45) is 0.827. The van der Waals surface area contributed by atoms with Crippen LogP contribution in [0.5, 0.6) is 5.75 Å². The fourth-order valence-electron chi connectivity index (χ4n) is 3.06. The van der Waals surface area contributed by atoms with Crippen LogP contribution in [0.2, 0.25) is 0 Å². The highest BCUT2D eigenvalue weighted by molar-refractivity contribution is 5.79. The minimum Gasteiger partial charge on any atom is -0.497 e. The molecular weight excluding hydrogens is 304 g/mol. The molecular formula is C20H22O4. The van der Waals surface area contributed by atoms with Crippen molar-refractivity contribution in [2.75, 3.05) is 20.3 Å². The predicted molar refractivity (Wildman–Crippen MR) is 90.9 cm³/mol. The summed E-state index contributed by atoms with van der Waals surface area (Å²) in [6, 6.07) is 17.6. The molecule has 0 spiro atoms. The summed E-state index contributed by atoms with van der Waals surface area (Å²) in [7, 11) is 1.65. The molecule has 0 aliphatic carbocycles. The molecule has 2 aromatic rings. The lowest BCUT2D eigenvalue weighted by molar-refractivity contribution is -0.153. The first-order chi connectivity index (χ1) is 11.8. The maximum absolute atomic E-state index is 12.2. The third-order valence-electron chi connectivity index (χ3n) is 4.38. The number of methoxy groups -OCH3 is 1. The van der Waals surface area contributed by atoms with Gasteiger partial charge in [-0.1, -0.05) is 42.5 Å². The van der Waals surface area contributed by atoms with Gasteiger partial charge in [0.05, 0.1) is 32.8 Å². The van der Waals surface area contributed by atoms with Crippen molar-refractivity contribution in [3.05, 3.63) is 65.7 Å². The molecule has 2 atom stereocenters. The van der Waals surface area contributed by atoms with Gasteiger partial charge in [-0.25, -0.2) is 0 Å². The molecule has 4 nitrogen and oxygen atoms in total. The molecule has 1 saturated heterocycles. The van der Waals surface area contributed by atoms with E-state index in [-0.39, 0.29) is 17.8 Å². The largest absolute Gasteiger partial charge is 0.497 e. The van der Waals surface area contributed by atoms with Gasteiger partial charge in [-0.3, -0.25) is 4.79 Å². The molecule has 0 N–H and O–H groups in total. The summed E-state index contributed by atoms with van der Waals surface area (Å²) in [5.74, 6) is 0.589. The first-order valence-corrected chi connectivity index (χ1v) is 8.20. The van der Waals surface area contributed by atoms with Crippen LogP contribution in [0.1, 0.15) is 23.5 Å². The number of carbonyl (C=O) groups is 1. The normalized spacial score (nSPS) is 20.5. The van der Waals surface area contributed by atoms with Gasteiger partial charge in [0.25, 0.3) is 0 Å². The highest BCUT2D eigenvalue weighted by atomic mass is 16.5. The van der Waals surface area contributed by atoms with Crippen molar-refractivity contribution in [2.24, 2.45) is 5.92 Å². The first-order valence-electron chi connectivity index (χ1n) is 8.20. The second-order valence-corrected chi connectivity index (χ2v) is 5.97. The van der Waals surface area contributed by atoms with E-state index in [4.69, 9.17) is 14.2 Å². The van der Waals surface area contributed by atoms with E-state index < -0.39 is 0 Å². The standard InChI is InChI=1S/C20H22O4/c1-22-18-9-7-15(8-10-18)13-23-14-17-11-12-24-20(21)19(17)16-5-3-2-4-6-16/h2-10,17,19H,11-14H2,1H3/t17-,19-/m0/s1. The van der Waals surface area contributed by atoms with Crippen LogP contribution in [-0.2, 0) is 20.9 Å². The molecule has 2 aromatic carbocycles. The van der Waals surface area contributed by atoms with Crippen molar-refractivity contribution in [1.29, 1.82) is 0 Å². The molecule has 0 amide bonds. The number of carbonyl (C=O) groups excluding carboxylic acids is 1. The number of benzene rings is 2. The summed E-state index contributed by atoms with van der Waals surface area (Å²) >= 11 is 0. The van der Waals surface area contributed by atoms with Gasteiger partial charge in [-0.05, 0) is 29.7 Å². The van der Waals surface area contributed by atoms with Crippen molar-refractivity contribution in [1.82, 2.24) is 0 Å². The quantitative estimate of drug-likeness (QED) is 0.762. The van der Waals surface area contributed by atoms with E-state index in [2.05, 4.69) is 0 Å².